The smallest absolute Gasteiger partial charge is 0.0813 e. The molecule has 74 valence electrons. The Labute approximate surface area is 75.1 Å². The van der Waals surface area contributed by atoms with Crippen LogP contribution < -0.4 is 5.48 Å². The third-order valence-electron chi connectivity index (χ3n) is 1.60. The predicted octanol–water partition coefficient (Wildman–Crippen LogP) is 1.47. The molecule has 0 aliphatic heterocycles. The highest BCUT2D eigenvalue weighted by Gasteiger charge is 2.23. The van der Waals surface area contributed by atoms with Gasteiger partial charge in [0.2, 0.25) is 0 Å². The van der Waals surface area contributed by atoms with Crippen molar-refractivity contribution in [1.29, 1.82) is 0 Å². The summed E-state index contributed by atoms with van der Waals surface area (Å²) in [4.78, 5) is 5.31. The van der Waals surface area contributed by atoms with E-state index in [4.69, 9.17) is 4.84 Å². The Balaban J connectivity index is 3.80. The molecule has 1 unspecified atom stereocenters. The summed E-state index contributed by atoms with van der Waals surface area (Å²) >= 11 is 0. The fraction of sp³-hybridized carbons (Fsp3) is 1.00. The number of hydrogen-bond acceptors (Lipinski definition) is 3. The number of hydrogen-bond donors (Lipinski definition) is 2. The van der Waals surface area contributed by atoms with Crippen LogP contribution in [0.25, 0.3) is 0 Å². The van der Waals surface area contributed by atoms with Gasteiger partial charge in [-0.3, -0.25) is 4.84 Å². The number of rotatable bonds is 3. The van der Waals surface area contributed by atoms with E-state index in [0.717, 1.165) is 0 Å². The van der Waals surface area contributed by atoms with Gasteiger partial charge in [-0.05, 0) is 41.5 Å². The van der Waals surface area contributed by atoms with E-state index in [2.05, 4.69) is 5.48 Å². The Bertz CT molecular complexity index is 132. The van der Waals surface area contributed by atoms with Crippen molar-refractivity contribution in [2.45, 2.75) is 58.8 Å². The van der Waals surface area contributed by atoms with Crippen molar-refractivity contribution in [3.8, 4) is 0 Å². The number of aliphatic hydroxyl groups is 1. The molecule has 0 bridgehead atoms. The highest BCUT2D eigenvalue weighted by atomic mass is 16.7. The summed E-state index contributed by atoms with van der Waals surface area (Å²) < 4.78 is 0. The van der Waals surface area contributed by atoms with E-state index < -0.39 is 5.60 Å². The van der Waals surface area contributed by atoms with E-state index in [1.165, 1.54) is 0 Å². The van der Waals surface area contributed by atoms with Gasteiger partial charge in [-0.15, -0.1) is 0 Å². The molecule has 1 atom stereocenters. The van der Waals surface area contributed by atoms with Crippen LogP contribution in [0, 0.1) is 0 Å². The Kier molecular flexibility index (Phi) is 3.69. The fourth-order valence-electron chi connectivity index (χ4n) is 0.409. The average Bonchev–Trinajstić information content (AvgIpc) is 1.78. The van der Waals surface area contributed by atoms with E-state index in [9.17, 15) is 5.11 Å². The first-order valence-corrected chi connectivity index (χ1v) is 4.29. The molecule has 0 aliphatic rings. The first-order chi connectivity index (χ1) is 5.13. The van der Waals surface area contributed by atoms with Gasteiger partial charge in [0, 0.05) is 0 Å². The van der Waals surface area contributed by atoms with Gasteiger partial charge in [-0.25, -0.2) is 0 Å². The summed E-state index contributed by atoms with van der Waals surface area (Å²) in [6, 6.07) is -0.0864. The summed E-state index contributed by atoms with van der Waals surface area (Å²) in [5, 5.41) is 9.54. The van der Waals surface area contributed by atoms with E-state index in [1.54, 1.807) is 13.8 Å². The van der Waals surface area contributed by atoms with Gasteiger partial charge in [-0.1, -0.05) is 0 Å². The van der Waals surface area contributed by atoms with E-state index >= 15 is 0 Å². The zero-order valence-electron chi connectivity index (χ0n) is 8.93. The third-order valence-corrected chi connectivity index (χ3v) is 1.60. The van der Waals surface area contributed by atoms with Gasteiger partial charge in [0.05, 0.1) is 17.2 Å². The van der Waals surface area contributed by atoms with E-state index in [0.29, 0.717) is 0 Å². The van der Waals surface area contributed by atoms with Crippen molar-refractivity contribution < 1.29 is 9.94 Å². The summed E-state index contributed by atoms with van der Waals surface area (Å²) in [5.41, 5.74) is 1.83. The number of hydroxylamine groups is 1. The second-order valence-electron chi connectivity index (χ2n) is 4.71. The van der Waals surface area contributed by atoms with Crippen molar-refractivity contribution in [2.24, 2.45) is 0 Å². The maximum Gasteiger partial charge on any atom is 0.0813 e. The zero-order chi connectivity index (χ0) is 9.99. The molecule has 0 fully saturated rings. The Morgan fingerprint density at radius 1 is 1.17 bits per heavy atom. The van der Waals surface area contributed by atoms with Gasteiger partial charge in [0.25, 0.3) is 0 Å². The molecule has 0 aromatic rings. The predicted molar refractivity (Wildman–Crippen MR) is 49.7 cm³/mol. The monoisotopic (exact) mass is 175 g/mol. The minimum absolute atomic E-state index is 0.0864. The first-order valence-electron chi connectivity index (χ1n) is 4.29. The molecule has 12 heavy (non-hydrogen) atoms. The molecule has 0 rings (SSSR count). The minimum Gasteiger partial charge on any atom is -0.389 e. The molecule has 3 heteroatoms. The highest BCUT2D eigenvalue weighted by molar-refractivity contribution is 4.77. The summed E-state index contributed by atoms with van der Waals surface area (Å²) in [5.74, 6) is 0. The lowest BCUT2D eigenvalue weighted by Gasteiger charge is -2.29. The number of nitrogens with one attached hydrogen (secondary N) is 1. The van der Waals surface area contributed by atoms with Crippen LogP contribution in [0.2, 0.25) is 0 Å². The molecule has 0 aromatic heterocycles. The molecular weight excluding hydrogens is 154 g/mol. The van der Waals surface area contributed by atoms with Gasteiger partial charge in [0.1, 0.15) is 0 Å². The van der Waals surface area contributed by atoms with Gasteiger partial charge < -0.3 is 5.11 Å². The normalized spacial score (nSPS) is 16.2. The molecule has 0 saturated carbocycles. The Hall–Kier alpha value is -0.120. The largest absolute Gasteiger partial charge is 0.389 e. The quantitative estimate of drug-likeness (QED) is 0.638. The van der Waals surface area contributed by atoms with Crippen molar-refractivity contribution in [1.82, 2.24) is 5.48 Å². The molecule has 0 radical (unpaired) electrons. The van der Waals surface area contributed by atoms with E-state index in [-0.39, 0.29) is 11.6 Å². The van der Waals surface area contributed by atoms with Crippen LogP contribution in [-0.2, 0) is 4.84 Å². The lowest BCUT2D eigenvalue weighted by molar-refractivity contribution is -0.117. The fourth-order valence-corrected chi connectivity index (χ4v) is 0.409. The summed E-state index contributed by atoms with van der Waals surface area (Å²) in [6.45, 7) is 11.2. The Morgan fingerprint density at radius 3 is 1.83 bits per heavy atom. The maximum atomic E-state index is 9.54. The van der Waals surface area contributed by atoms with Crippen molar-refractivity contribution in [3.05, 3.63) is 0 Å². The molecule has 0 saturated heterocycles. The van der Waals surface area contributed by atoms with Crippen molar-refractivity contribution in [2.75, 3.05) is 0 Å². The molecule has 3 nitrogen and oxygen atoms in total. The molecular formula is C9H21NO2. The molecule has 0 heterocycles. The lowest BCUT2D eigenvalue weighted by Crippen LogP contribution is -2.47. The second-order valence-corrected chi connectivity index (χ2v) is 4.71. The van der Waals surface area contributed by atoms with Crippen LogP contribution in [0.1, 0.15) is 41.5 Å². The Morgan fingerprint density at radius 2 is 1.58 bits per heavy atom. The molecule has 0 aromatic carbocycles. The highest BCUT2D eigenvalue weighted by Crippen LogP contribution is 2.10. The SMILES string of the molecule is CC(NOC(C)(C)C)C(C)(C)O. The summed E-state index contributed by atoms with van der Waals surface area (Å²) in [6.07, 6.45) is 0. The lowest BCUT2D eigenvalue weighted by atomic mass is 10.0. The average molecular weight is 175 g/mol. The van der Waals surface area contributed by atoms with Gasteiger partial charge in [-0.2, -0.15) is 5.48 Å². The molecule has 0 amide bonds. The first kappa shape index (κ1) is 11.9. The van der Waals surface area contributed by atoms with Crippen molar-refractivity contribution >= 4 is 0 Å². The van der Waals surface area contributed by atoms with Crippen LogP contribution >= 0.6 is 0 Å². The maximum absolute atomic E-state index is 9.54. The molecule has 2 N–H and O–H groups in total. The minimum atomic E-state index is -0.759. The van der Waals surface area contributed by atoms with Crippen LogP contribution in [0.5, 0.6) is 0 Å². The van der Waals surface area contributed by atoms with Crippen LogP contribution in [0.3, 0.4) is 0 Å². The van der Waals surface area contributed by atoms with Crippen LogP contribution in [-0.4, -0.2) is 22.4 Å². The topological polar surface area (TPSA) is 41.5 Å². The van der Waals surface area contributed by atoms with Crippen molar-refractivity contribution in [3.63, 3.8) is 0 Å². The molecule has 0 aliphatic carbocycles. The second kappa shape index (κ2) is 3.73. The summed E-state index contributed by atoms with van der Waals surface area (Å²) in [7, 11) is 0. The molecule has 0 spiro atoms. The van der Waals surface area contributed by atoms with Gasteiger partial charge >= 0.3 is 0 Å². The standard InChI is InChI=1S/C9H21NO2/c1-7(9(5,6)11)10-12-8(2,3)4/h7,10-11H,1-6H3. The third kappa shape index (κ3) is 5.52. The van der Waals surface area contributed by atoms with Crippen LogP contribution in [0.15, 0.2) is 0 Å². The van der Waals surface area contributed by atoms with Gasteiger partial charge in [0.15, 0.2) is 0 Å². The zero-order valence-corrected chi connectivity index (χ0v) is 8.93. The van der Waals surface area contributed by atoms with Crippen LogP contribution in [0.4, 0.5) is 0 Å². The van der Waals surface area contributed by atoms with E-state index in [1.807, 2.05) is 27.7 Å².